The van der Waals surface area contributed by atoms with Crippen molar-refractivity contribution in [1.29, 1.82) is 0 Å². The number of aliphatic hydroxyl groups is 1. The number of nitrogens with two attached hydrogens (primary N) is 2. The molecule has 14 N–H and O–H groups in total. The maximum absolute atomic E-state index is 14.6. The van der Waals surface area contributed by atoms with Crippen LogP contribution in [0.15, 0.2) is 91.1 Å². The second-order valence-electron chi connectivity index (χ2n) is 16.6. The Morgan fingerprint density at radius 2 is 1.26 bits per heavy atom. The Morgan fingerprint density at radius 3 is 1.86 bits per heavy atom. The topological polar surface area (TPSA) is 337 Å². The van der Waals surface area contributed by atoms with E-state index in [1.54, 1.807) is 48.7 Å². The number of benzene rings is 3. The number of aromatic amines is 1. The molecule has 20 nitrogen and oxygen atoms in total. The molecule has 0 aliphatic carbocycles. The second-order valence-corrected chi connectivity index (χ2v) is 19.1. The van der Waals surface area contributed by atoms with Crippen LogP contribution < -0.4 is 43.4 Å². The molecule has 2 heterocycles. The number of rotatable bonds is 14. The number of nitrogens with one attached hydrogen (secondary N) is 7. The van der Waals surface area contributed by atoms with E-state index in [1.807, 2.05) is 42.5 Å². The monoisotopic (exact) mass is 1050 g/mol. The average Bonchev–Trinajstić information content (AvgIpc) is 3.75. The van der Waals surface area contributed by atoms with E-state index in [9.17, 15) is 56.9 Å². The number of carboxylic acid groups (broad SMARTS) is 2. The Morgan fingerprint density at radius 1 is 0.722 bits per heavy atom. The molecule has 5 rings (SSSR count). The highest BCUT2D eigenvalue weighted by molar-refractivity contribution is 8.76. The Balaban J connectivity index is 0.00000149. The number of aliphatic carboxylic acids is 2. The molecule has 1 aromatic heterocycles. The van der Waals surface area contributed by atoms with Gasteiger partial charge in [0.1, 0.15) is 36.3 Å². The van der Waals surface area contributed by atoms with E-state index in [2.05, 4.69) is 36.9 Å². The number of hydrogen-bond acceptors (Lipinski definition) is 13. The molecule has 72 heavy (non-hydrogen) atoms. The van der Waals surface area contributed by atoms with E-state index in [0.717, 1.165) is 38.1 Å². The van der Waals surface area contributed by atoms with Gasteiger partial charge in [0.15, 0.2) is 0 Å². The summed E-state index contributed by atoms with van der Waals surface area (Å²) in [5.74, 6) is -9.33. The summed E-state index contributed by atoms with van der Waals surface area (Å²) in [6, 6.07) is 15.8. The Bertz CT molecular complexity index is 2470. The zero-order valence-corrected chi connectivity index (χ0v) is 40.5. The molecule has 6 amide bonds. The summed E-state index contributed by atoms with van der Waals surface area (Å²) in [6.07, 6.45) is -3.91. The summed E-state index contributed by atoms with van der Waals surface area (Å²) in [5, 5.41) is 44.5. The van der Waals surface area contributed by atoms with Crippen molar-refractivity contribution in [2.75, 3.05) is 18.1 Å². The highest BCUT2D eigenvalue weighted by Gasteiger charge is 2.39. The quantitative estimate of drug-likeness (QED) is 0.0621. The Hall–Kier alpha value is -6.67. The predicted molar refractivity (Wildman–Crippen MR) is 263 cm³/mol. The first-order valence-corrected chi connectivity index (χ1v) is 25.0. The van der Waals surface area contributed by atoms with Crippen LogP contribution in [0.1, 0.15) is 42.9 Å². The van der Waals surface area contributed by atoms with E-state index in [0.29, 0.717) is 24.0 Å². The van der Waals surface area contributed by atoms with Gasteiger partial charge in [-0.2, -0.15) is 13.2 Å². The van der Waals surface area contributed by atoms with Crippen LogP contribution in [0, 0.1) is 0 Å². The molecule has 390 valence electrons. The number of fused-ring (bicyclic) bond motifs is 1. The second kappa shape index (κ2) is 28.4. The van der Waals surface area contributed by atoms with E-state index < -0.39 is 102 Å². The van der Waals surface area contributed by atoms with Crippen LogP contribution in [0.3, 0.4) is 0 Å². The van der Waals surface area contributed by atoms with Crippen molar-refractivity contribution in [3.05, 3.63) is 108 Å². The van der Waals surface area contributed by atoms with Crippen LogP contribution in [0.2, 0.25) is 0 Å². The van der Waals surface area contributed by atoms with Gasteiger partial charge in [-0.15, -0.1) is 0 Å². The van der Waals surface area contributed by atoms with Crippen LogP contribution in [0.5, 0.6) is 0 Å². The van der Waals surface area contributed by atoms with Crippen LogP contribution in [-0.2, 0) is 57.6 Å². The van der Waals surface area contributed by atoms with Gasteiger partial charge in [0, 0.05) is 41.4 Å². The standard InChI is InChI=1S/C45H57N9O9S2.C2HF3O2/c1-26(55)38-44(61)53-37(45(62)63)25-65-64-24-36(52-39(56)31(47)20-27-12-4-2-5-13-27)43(60)50-34(21-28-14-6-3-7-15-28)41(58)51-35(22-29-23-48-32-17-9-8-16-30(29)32)42(59)49-33(40(57)54-38)18-10-11-19-46;3-2(4,5)1(6)7/h2-9,12-17,23,26,31,33-38,48,55H,10-11,18-22,24-25,46-47H2,1H3,(H,49,59)(H,50,60)(H,51,58)(H,52,56)(H,53,61)(H,54,57)(H,62,63);(H,6,7)/t26-,31-,33?,34+,35-,36?,37+,38?;/m1./s1. The number of unbranched alkanes of at least 4 members (excludes halogenated alkanes) is 1. The highest BCUT2D eigenvalue weighted by Crippen LogP contribution is 2.24. The maximum Gasteiger partial charge on any atom is 0.490 e. The van der Waals surface area contributed by atoms with Gasteiger partial charge in [-0.1, -0.05) is 100 Å². The van der Waals surface area contributed by atoms with E-state index in [1.165, 1.54) is 6.92 Å². The lowest BCUT2D eigenvalue weighted by Gasteiger charge is -2.28. The minimum Gasteiger partial charge on any atom is -0.480 e. The van der Waals surface area contributed by atoms with Crippen LogP contribution in [0.25, 0.3) is 10.9 Å². The smallest absolute Gasteiger partial charge is 0.480 e. The molecule has 4 aromatic rings. The molecule has 0 bridgehead atoms. The molecule has 3 unspecified atom stereocenters. The van der Waals surface area contributed by atoms with Crippen molar-refractivity contribution in [3.8, 4) is 0 Å². The number of aliphatic hydroxyl groups excluding tert-OH is 1. The fourth-order valence-electron chi connectivity index (χ4n) is 7.12. The molecule has 8 atom stereocenters. The number of halogens is 3. The first-order chi connectivity index (χ1) is 34.2. The SMILES string of the molecule is C[C@@H](O)C1NC(=O)C(CCCCN)NC(=O)[C@@H](Cc2c[nH]c3ccccc23)NC(=O)[C@H](Cc2ccccc2)NC(=O)C(NC(=O)[C@H](N)Cc2ccccc2)CSSC[C@@H](C(=O)O)NC1=O.O=C(O)C(F)(F)F. The first-order valence-electron chi connectivity index (χ1n) is 22.5. The highest BCUT2D eigenvalue weighted by atomic mass is 33.1. The number of carbonyl (C=O) groups is 8. The fourth-order valence-corrected chi connectivity index (χ4v) is 9.44. The van der Waals surface area contributed by atoms with Gasteiger partial charge in [0.25, 0.3) is 0 Å². The lowest BCUT2D eigenvalue weighted by molar-refractivity contribution is -0.192. The van der Waals surface area contributed by atoms with Crippen molar-refractivity contribution >= 4 is 79.9 Å². The molecule has 1 aliphatic heterocycles. The minimum absolute atomic E-state index is 0.0270. The molecule has 1 fully saturated rings. The maximum atomic E-state index is 14.6. The summed E-state index contributed by atoms with van der Waals surface area (Å²) in [6.45, 7) is 1.53. The van der Waals surface area contributed by atoms with Crippen molar-refractivity contribution in [2.24, 2.45) is 11.5 Å². The number of H-pyrrole nitrogens is 1. The van der Waals surface area contributed by atoms with Crippen molar-refractivity contribution in [1.82, 2.24) is 36.9 Å². The van der Waals surface area contributed by atoms with Gasteiger partial charge in [-0.25, -0.2) is 9.59 Å². The normalized spacial score (nSPS) is 21.7. The van der Waals surface area contributed by atoms with E-state index in [4.69, 9.17) is 21.4 Å². The third kappa shape index (κ3) is 18.5. The predicted octanol–water partition coefficient (Wildman–Crippen LogP) is 1.05. The zero-order valence-electron chi connectivity index (χ0n) is 38.9. The molecule has 0 spiro atoms. The molecule has 1 saturated heterocycles. The van der Waals surface area contributed by atoms with Gasteiger partial charge >= 0.3 is 18.1 Å². The lowest BCUT2D eigenvalue weighted by atomic mass is 10.0. The summed E-state index contributed by atoms with van der Waals surface area (Å²) >= 11 is 0. The van der Waals surface area contributed by atoms with Crippen LogP contribution in [-0.4, -0.2) is 140 Å². The number of carboxylic acids is 2. The summed E-state index contributed by atoms with van der Waals surface area (Å²) in [4.78, 5) is 109. The van der Waals surface area contributed by atoms with Crippen molar-refractivity contribution in [3.63, 3.8) is 0 Å². The Labute approximate surface area is 419 Å². The number of amides is 6. The van der Waals surface area contributed by atoms with E-state index in [-0.39, 0.29) is 43.7 Å². The zero-order chi connectivity index (χ0) is 53.0. The molecular weight excluding hydrogens is 988 g/mol. The van der Waals surface area contributed by atoms with Crippen molar-refractivity contribution < 1.29 is 66.8 Å². The largest absolute Gasteiger partial charge is 0.490 e. The number of hydrogen-bond donors (Lipinski definition) is 12. The summed E-state index contributed by atoms with van der Waals surface area (Å²) in [5.41, 5.74) is 14.9. The molecule has 25 heteroatoms. The van der Waals surface area contributed by atoms with Gasteiger partial charge in [0.05, 0.1) is 12.1 Å². The van der Waals surface area contributed by atoms with Crippen molar-refractivity contribution in [2.45, 2.75) is 100 Å². The molecule has 3 aromatic carbocycles. The molecule has 0 radical (unpaired) electrons. The van der Waals surface area contributed by atoms with Gasteiger partial charge in [-0.05, 0) is 61.9 Å². The summed E-state index contributed by atoms with van der Waals surface area (Å²) in [7, 11) is 2.01. The summed E-state index contributed by atoms with van der Waals surface area (Å²) < 4.78 is 31.7. The number of aromatic nitrogens is 1. The van der Waals surface area contributed by atoms with Crippen LogP contribution >= 0.6 is 21.6 Å². The third-order valence-corrected chi connectivity index (χ3v) is 13.4. The Kier molecular flexibility index (Phi) is 22.8. The number of carbonyl (C=O) groups excluding carboxylic acids is 6. The number of alkyl halides is 3. The lowest BCUT2D eigenvalue weighted by Crippen LogP contribution is -2.61. The van der Waals surface area contributed by atoms with Crippen LogP contribution in [0.4, 0.5) is 13.2 Å². The third-order valence-electron chi connectivity index (χ3n) is 11.0. The average molecular weight is 1050 g/mol. The molecular formula is C47H58F3N9O11S2. The van der Waals surface area contributed by atoms with Gasteiger partial charge < -0.3 is 63.7 Å². The van der Waals surface area contributed by atoms with Gasteiger partial charge in [0.2, 0.25) is 35.4 Å². The van der Waals surface area contributed by atoms with Gasteiger partial charge in [-0.3, -0.25) is 28.8 Å². The fraction of sp³-hybridized carbons (Fsp3) is 0.404. The minimum atomic E-state index is -5.08. The molecule has 0 saturated carbocycles. The van der Waals surface area contributed by atoms with E-state index >= 15 is 0 Å². The molecule has 1 aliphatic rings. The number of para-hydroxylation sites is 1. The first kappa shape index (κ1) is 57.9.